The van der Waals surface area contributed by atoms with Gasteiger partial charge in [0, 0.05) is 17.0 Å². The summed E-state index contributed by atoms with van der Waals surface area (Å²) in [5.41, 5.74) is 2.92. The van der Waals surface area contributed by atoms with E-state index in [1.54, 1.807) is 6.07 Å². The molecular formula is C13H9ClFN. The van der Waals surface area contributed by atoms with Gasteiger partial charge in [-0.25, -0.2) is 9.37 Å². The van der Waals surface area contributed by atoms with E-state index in [2.05, 4.69) is 11.1 Å². The molecule has 1 heterocycles. The smallest absolute Gasteiger partial charge is 0.136 e. The highest BCUT2D eigenvalue weighted by Gasteiger charge is 2.12. The molecule has 0 unspecified atom stereocenters. The monoisotopic (exact) mass is 233 g/mol. The molecule has 1 aromatic heterocycles. The predicted molar refractivity (Wildman–Crippen MR) is 63.9 cm³/mol. The van der Waals surface area contributed by atoms with Gasteiger partial charge in [-0.05, 0) is 31.0 Å². The summed E-state index contributed by atoms with van der Waals surface area (Å²) in [6, 6.07) is 6.51. The van der Waals surface area contributed by atoms with Crippen LogP contribution in [-0.2, 0) is 0 Å². The lowest BCUT2D eigenvalue weighted by Crippen LogP contribution is -1.85. The summed E-state index contributed by atoms with van der Waals surface area (Å²) in [4.78, 5) is 4.20. The van der Waals surface area contributed by atoms with E-state index in [-0.39, 0.29) is 5.82 Å². The largest absolute Gasteiger partial charge is 0.235 e. The van der Waals surface area contributed by atoms with Crippen molar-refractivity contribution < 1.29 is 4.39 Å². The minimum absolute atomic E-state index is 0.288. The van der Waals surface area contributed by atoms with Crippen molar-refractivity contribution in [2.45, 2.75) is 12.8 Å². The molecule has 0 aliphatic heterocycles. The molecule has 80 valence electrons. The van der Waals surface area contributed by atoms with E-state index in [9.17, 15) is 4.39 Å². The van der Waals surface area contributed by atoms with E-state index in [1.807, 2.05) is 6.07 Å². The standard InChI is InChI=1S/C13H9ClFN/c14-13-10(5-8-1-2-8)6-9-3-4-11(15)7-12(9)16-13/h3-7H,1-2H2. The Labute approximate surface area is 97.6 Å². The molecule has 3 heteroatoms. The lowest BCUT2D eigenvalue weighted by atomic mass is 10.1. The molecule has 0 amide bonds. The highest BCUT2D eigenvalue weighted by molar-refractivity contribution is 6.31. The molecule has 1 aliphatic rings. The minimum Gasteiger partial charge on any atom is -0.235 e. The quantitative estimate of drug-likeness (QED) is 0.673. The molecule has 1 aliphatic carbocycles. The molecule has 1 fully saturated rings. The molecule has 3 rings (SSSR count). The van der Waals surface area contributed by atoms with Gasteiger partial charge in [0.25, 0.3) is 0 Å². The summed E-state index contributed by atoms with van der Waals surface area (Å²) in [6.07, 6.45) is 4.37. The van der Waals surface area contributed by atoms with Gasteiger partial charge in [0.15, 0.2) is 0 Å². The summed E-state index contributed by atoms with van der Waals surface area (Å²) in [5, 5.41) is 1.36. The lowest BCUT2D eigenvalue weighted by Gasteiger charge is -2.02. The predicted octanol–water partition coefficient (Wildman–Crippen LogP) is 4.20. The maximum absolute atomic E-state index is 13.0. The normalized spacial score (nSPS) is 14.2. The van der Waals surface area contributed by atoms with Crippen LogP contribution in [0.2, 0.25) is 5.15 Å². The van der Waals surface area contributed by atoms with Crippen molar-refractivity contribution in [3.8, 4) is 0 Å². The Kier molecular flexibility index (Phi) is 2.18. The van der Waals surface area contributed by atoms with E-state index in [0.717, 1.165) is 23.8 Å². The summed E-state index contributed by atoms with van der Waals surface area (Å²) in [5.74, 6) is -0.288. The molecule has 1 saturated carbocycles. The molecule has 0 atom stereocenters. The Balaban J connectivity index is 2.20. The zero-order valence-corrected chi connectivity index (χ0v) is 9.26. The summed E-state index contributed by atoms with van der Waals surface area (Å²) in [6.45, 7) is 0. The maximum atomic E-state index is 13.0. The van der Waals surface area contributed by atoms with Crippen LogP contribution in [-0.4, -0.2) is 4.98 Å². The van der Waals surface area contributed by atoms with E-state index in [0.29, 0.717) is 10.7 Å². The second-order valence-corrected chi connectivity index (χ2v) is 4.37. The molecule has 2 aromatic rings. The third kappa shape index (κ3) is 1.81. The van der Waals surface area contributed by atoms with Gasteiger partial charge in [-0.15, -0.1) is 0 Å². The van der Waals surface area contributed by atoms with Gasteiger partial charge in [0.2, 0.25) is 0 Å². The Morgan fingerprint density at radius 3 is 2.81 bits per heavy atom. The van der Waals surface area contributed by atoms with E-state index in [1.165, 1.54) is 17.7 Å². The molecule has 1 nitrogen and oxygen atoms in total. The molecule has 16 heavy (non-hydrogen) atoms. The van der Waals surface area contributed by atoms with E-state index >= 15 is 0 Å². The lowest BCUT2D eigenvalue weighted by molar-refractivity contribution is 0.629. The van der Waals surface area contributed by atoms with Crippen molar-refractivity contribution in [1.29, 1.82) is 0 Å². The Hall–Kier alpha value is -1.41. The van der Waals surface area contributed by atoms with Crippen LogP contribution in [0.25, 0.3) is 17.0 Å². The minimum atomic E-state index is -0.288. The van der Waals surface area contributed by atoms with Crippen molar-refractivity contribution in [3.63, 3.8) is 0 Å². The fourth-order valence-corrected chi connectivity index (χ4v) is 1.87. The van der Waals surface area contributed by atoms with Gasteiger partial charge in [-0.2, -0.15) is 0 Å². The maximum Gasteiger partial charge on any atom is 0.136 e. The molecule has 0 bridgehead atoms. The zero-order valence-electron chi connectivity index (χ0n) is 8.50. The molecule has 1 aromatic carbocycles. The van der Waals surface area contributed by atoms with Crippen LogP contribution in [0.3, 0.4) is 0 Å². The zero-order chi connectivity index (χ0) is 11.1. The summed E-state index contributed by atoms with van der Waals surface area (Å²) >= 11 is 6.05. The number of allylic oxidation sites excluding steroid dienone is 1. The van der Waals surface area contributed by atoms with Crippen LogP contribution < -0.4 is 0 Å². The van der Waals surface area contributed by atoms with Crippen molar-refractivity contribution >= 4 is 28.6 Å². The number of halogens is 2. The van der Waals surface area contributed by atoms with Gasteiger partial charge >= 0.3 is 0 Å². The van der Waals surface area contributed by atoms with Crippen LogP contribution in [0, 0.1) is 5.82 Å². The molecule has 0 radical (unpaired) electrons. The van der Waals surface area contributed by atoms with Gasteiger partial charge in [0.05, 0.1) is 5.52 Å². The van der Waals surface area contributed by atoms with Gasteiger partial charge in [-0.1, -0.05) is 23.3 Å². The SMILES string of the molecule is Fc1ccc2cc(C=C3CC3)c(Cl)nc2c1. The average Bonchev–Trinajstić information content (AvgIpc) is 3.03. The van der Waals surface area contributed by atoms with E-state index in [4.69, 9.17) is 11.6 Å². The molecule has 0 saturated heterocycles. The number of pyridine rings is 1. The molecule has 0 N–H and O–H groups in total. The third-order valence-electron chi connectivity index (χ3n) is 2.66. The van der Waals surface area contributed by atoms with Crippen molar-refractivity contribution in [2.24, 2.45) is 0 Å². The average molecular weight is 234 g/mol. The van der Waals surface area contributed by atoms with E-state index < -0.39 is 0 Å². The van der Waals surface area contributed by atoms with Gasteiger partial charge < -0.3 is 0 Å². The molecular weight excluding hydrogens is 225 g/mol. The fraction of sp³-hybridized carbons (Fsp3) is 0.154. The topological polar surface area (TPSA) is 12.9 Å². The number of hydrogen-bond donors (Lipinski definition) is 0. The Morgan fingerprint density at radius 1 is 1.25 bits per heavy atom. The van der Waals surface area contributed by atoms with Crippen molar-refractivity contribution in [3.05, 3.63) is 46.4 Å². The Morgan fingerprint density at radius 2 is 2.06 bits per heavy atom. The highest BCUT2D eigenvalue weighted by atomic mass is 35.5. The number of benzene rings is 1. The molecule has 0 spiro atoms. The van der Waals surface area contributed by atoms with Crippen LogP contribution in [0.1, 0.15) is 18.4 Å². The number of hydrogen-bond acceptors (Lipinski definition) is 1. The van der Waals surface area contributed by atoms with Gasteiger partial charge in [0.1, 0.15) is 11.0 Å². The van der Waals surface area contributed by atoms with Crippen LogP contribution in [0.5, 0.6) is 0 Å². The second-order valence-electron chi connectivity index (χ2n) is 4.01. The van der Waals surface area contributed by atoms with Crippen LogP contribution >= 0.6 is 11.6 Å². The van der Waals surface area contributed by atoms with Crippen molar-refractivity contribution in [1.82, 2.24) is 4.98 Å². The van der Waals surface area contributed by atoms with Crippen LogP contribution in [0.4, 0.5) is 4.39 Å². The number of aromatic nitrogens is 1. The highest BCUT2D eigenvalue weighted by Crippen LogP contribution is 2.32. The van der Waals surface area contributed by atoms with Gasteiger partial charge in [-0.3, -0.25) is 0 Å². The van der Waals surface area contributed by atoms with Crippen molar-refractivity contribution in [2.75, 3.05) is 0 Å². The first kappa shape index (κ1) is 9.79. The Bertz CT molecular complexity index is 598. The number of rotatable bonds is 1. The fourth-order valence-electron chi connectivity index (χ4n) is 1.67. The second kappa shape index (κ2) is 3.56. The first-order chi connectivity index (χ1) is 7.72. The summed E-state index contributed by atoms with van der Waals surface area (Å²) in [7, 11) is 0. The first-order valence-electron chi connectivity index (χ1n) is 5.18. The van der Waals surface area contributed by atoms with Crippen LogP contribution in [0.15, 0.2) is 29.8 Å². The number of fused-ring (bicyclic) bond motifs is 1. The first-order valence-corrected chi connectivity index (χ1v) is 5.55. The third-order valence-corrected chi connectivity index (χ3v) is 2.96. The summed E-state index contributed by atoms with van der Waals surface area (Å²) < 4.78 is 13.0. The number of nitrogens with zero attached hydrogens (tertiary/aromatic N) is 1.